The average Bonchev–Trinajstić information content (AvgIpc) is 2.20. The van der Waals surface area contributed by atoms with Crippen LogP contribution < -0.4 is 10.8 Å². The fraction of sp³-hybridized carbons (Fsp3) is 0.900. The van der Waals surface area contributed by atoms with E-state index in [0.29, 0.717) is 25.7 Å². The Balaban J connectivity index is 3.51. The second kappa shape index (κ2) is 8.64. The largest absolute Gasteiger partial charge is 0.382 e. The molecular weight excluding hydrogens is 196 g/mol. The molecule has 0 aromatic rings. The van der Waals surface area contributed by atoms with Crippen LogP contribution in [-0.4, -0.2) is 38.8 Å². The monoisotopic (exact) mass is 218 g/mol. The molecule has 1 unspecified atom stereocenters. The van der Waals surface area contributed by atoms with Crippen LogP contribution in [0, 0.1) is 5.92 Å². The molecule has 0 fully saturated rings. The van der Waals surface area contributed by atoms with Crippen LogP contribution in [0.2, 0.25) is 0 Å². The summed E-state index contributed by atoms with van der Waals surface area (Å²) in [6, 6.07) is -0.347. The topological polar surface area (TPSA) is 59.6 Å². The van der Waals surface area contributed by atoms with Gasteiger partial charge in [0.05, 0.1) is 13.2 Å². The van der Waals surface area contributed by atoms with Gasteiger partial charge < -0.3 is 10.1 Å². The molecule has 0 bridgehead atoms. The molecule has 0 heterocycles. The Labute approximate surface area is 91.5 Å². The van der Waals surface area contributed by atoms with Gasteiger partial charge in [0, 0.05) is 13.7 Å². The first-order valence-corrected chi connectivity index (χ1v) is 5.22. The van der Waals surface area contributed by atoms with Gasteiger partial charge in [-0.1, -0.05) is 13.8 Å². The third-order valence-corrected chi connectivity index (χ3v) is 1.73. The summed E-state index contributed by atoms with van der Waals surface area (Å²) >= 11 is 0. The van der Waals surface area contributed by atoms with Crippen LogP contribution >= 0.6 is 0 Å². The van der Waals surface area contributed by atoms with Crippen LogP contribution in [0.1, 0.15) is 20.8 Å². The predicted octanol–water partition coefficient (Wildman–Crippen LogP) is 0.315. The zero-order valence-corrected chi connectivity index (χ0v) is 10.0. The molecule has 0 rings (SSSR count). The smallest absolute Gasteiger partial charge is 0.239 e. The molecule has 0 saturated heterocycles. The maximum atomic E-state index is 11.4. The standard InChI is InChI=1S/C10H22N2O3/c1-8(2)7-11-10(13)9(3)12-15-6-5-14-4/h8-9,12H,5-7H2,1-4H3,(H,11,13). The lowest BCUT2D eigenvalue weighted by Crippen LogP contribution is -2.43. The molecule has 15 heavy (non-hydrogen) atoms. The molecule has 5 nitrogen and oxygen atoms in total. The van der Waals surface area contributed by atoms with Crippen molar-refractivity contribution >= 4 is 5.91 Å². The van der Waals surface area contributed by atoms with Crippen molar-refractivity contribution in [2.75, 3.05) is 26.9 Å². The molecule has 0 aliphatic carbocycles. The van der Waals surface area contributed by atoms with E-state index in [4.69, 9.17) is 9.57 Å². The van der Waals surface area contributed by atoms with E-state index in [1.54, 1.807) is 14.0 Å². The zero-order valence-electron chi connectivity index (χ0n) is 10.0. The van der Waals surface area contributed by atoms with E-state index in [9.17, 15) is 4.79 Å². The predicted molar refractivity (Wildman–Crippen MR) is 58.3 cm³/mol. The summed E-state index contributed by atoms with van der Waals surface area (Å²) in [7, 11) is 1.60. The van der Waals surface area contributed by atoms with E-state index in [1.165, 1.54) is 0 Å². The Morgan fingerprint density at radius 3 is 2.47 bits per heavy atom. The van der Waals surface area contributed by atoms with Gasteiger partial charge in [-0.05, 0) is 12.8 Å². The minimum atomic E-state index is -0.347. The molecule has 0 aromatic carbocycles. The highest BCUT2D eigenvalue weighted by Crippen LogP contribution is 1.89. The molecule has 0 aliphatic rings. The maximum Gasteiger partial charge on any atom is 0.239 e. The number of nitrogens with one attached hydrogen (secondary N) is 2. The summed E-state index contributed by atoms with van der Waals surface area (Å²) in [5.74, 6) is 0.400. The number of hydrogen-bond donors (Lipinski definition) is 2. The highest BCUT2D eigenvalue weighted by Gasteiger charge is 2.11. The summed E-state index contributed by atoms with van der Waals surface area (Å²) in [6.45, 7) is 7.47. The van der Waals surface area contributed by atoms with Crippen molar-refractivity contribution in [1.82, 2.24) is 10.8 Å². The Morgan fingerprint density at radius 2 is 1.93 bits per heavy atom. The van der Waals surface area contributed by atoms with Crippen LogP contribution in [0.5, 0.6) is 0 Å². The Kier molecular flexibility index (Phi) is 8.27. The number of ether oxygens (including phenoxy) is 1. The van der Waals surface area contributed by atoms with Crippen molar-refractivity contribution < 1.29 is 14.4 Å². The van der Waals surface area contributed by atoms with E-state index < -0.39 is 0 Å². The first kappa shape index (κ1) is 14.3. The van der Waals surface area contributed by atoms with Crippen LogP contribution in [0.3, 0.4) is 0 Å². The Bertz CT molecular complexity index is 174. The number of amides is 1. The van der Waals surface area contributed by atoms with Crippen molar-refractivity contribution in [3.05, 3.63) is 0 Å². The van der Waals surface area contributed by atoms with Crippen LogP contribution in [-0.2, 0) is 14.4 Å². The van der Waals surface area contributed by atoms with Gasteiger partial charge in [-0.25, -0.2) is 0 Å². The van der Waals surface area contributed by atoms with Crippen molar-refractivity contribution in [2.45, 2.75) is 26.8 Å². The highest BCUT2D eigenvalue weighted by molar-refractivity contribution is 5.81. The molecule has 0 saturated carbocycles. The maximum absolute atomic E-state index is 11.4. The van der Waals surface area contributed by atoms with E-state index in [0.717, 1.165) is 0 Å². The van der Waals surface area contributed by atoms with Crippen LogP contribution in [0.25, 0.3) is 0 Å². The Hall–Kier alpha value is -0.650. The third-order valence-electron chi connectivity index (χ3n) is 1.73. The lowest BCUT2D eigenvalue weighted by atomic mass is 10.2. The number of hydroxylamine groups is 1. The average molecular weight is 218 g/mol. The zero-order chi connectivity index (χ0) is 11.7. The van der Waals surface area contributed by atoms with Gasteiger partial charge in [-0.2, -0.15) is 5.48 Å². The van der Waals surface area contributed by atoms with E-state index in [1.807, 2.05) is 13.8 Å². The molecular formula is C10H22N2O3. The van der Waals surface area contributed by atoms with Gasteiger partial charge in [-0.15, -0.1) is 0 Å². The summed E-state index contributed by atoms with van der Waals surface area (Å²) in [5, 5.41) is 2.81. The minimum absolute atomic E-state index is 0.0545. The summed E-state index contributed by atoms with van der Waals surface area (Å²) < 4.78 is 4.80. The molecule has 0 spiro atoms. The number of carbonyl (C=O) groups excluding carboxylic acids is 1. The van der Waals surface area contributed by atoms with Crippen molar-refractivity contribution in [3.8, 4) is 0 Å². The molecule has 0 aliphatic heterocycles. The highest BCUT2D eigenvalue weighted by atomic mass is 16.7. The minimum Gasteiger partial charge on any atom is -0.382 e. The van der Waals surface area contributed by atoms with Crippen LogP contribution in [0.4, 0.5) is 0 Å². The van der Waals surface area contributed by atoms with E-state index in [-0.39, 0.29) is 11.9 Å². The third kappa shape index (κ3) is 8.35. The lowest BCUT2D eigenvalue weighted by molar-refractivity contribution is -0.127. The van der Waals surface area contributed by atoms with Gasteiger partial charge >= 0.3 is 0 Å². The van der Waals surface area contributed by atoms with Crippen LogP contribution in [0.15, 0.2) is 0 Å². The van der Waals surface area contributed by atoms with E-state index in [2.05, 4.69) is 10.8 Å². The molecule has 2 N–H and O–H groups in total. The van der Waals surface area contributed by atoms with Gasteiger partial charge in [-0.3, -0.25) is 9.63 Å². The molecule has 1 amide bonds. The first-order chi connectivity index (χ1) is 7.07. The van der Waals surface area contributed by atoms with Gasteiger partial charge in [0.1, 0.15) is 6.04 Å². The fourth-order valence-electron chi connectivity index (χ4n) is 0.820. The van der Waals surface area contributed by atoms with Gasteiger partial charge in [0.25, 0.3) is 0 Å². The molecule has 0 radical (unpaired) electrons. The number of carbonyl (C=O) groups is 1. The van der Waals surface area contributed by atoms with Gasteiger partial charge in [0.15, 0.2) is 0 Å². The normalized spacial score (nSPS) is 12.9. The SMILES string of the molecule is COCCONC(C)C(=O)NCC(C)C. The Morgan fingerprint density at radius 1 is 1.27 bits per heavy atom. The number of hydrogen-bond acceptors (Lipinski definition) is 4. The molecule has 1 atom stereocenters. The fourth-order valence-corrected chi connectivity index (χ4v) is 0.820. The van der Waals surface area contributed by atoms with Crippen molar-refractivity contribution in [3.63, 3.8) is 0 Å². The summed E-state index contributed by atoms with van der Waals surface area (Å²) in [6.07, 6.45) is 0. The van der Waals surface area contributed by atoms with Crippen molar-refractivity contribution in [2.24, 2.45) is 5.92 Å². The van der Waals surface area contributed by atoms with Crippen molar-refractivity contribution in [1.29, 1.82) is 0 Å². The second-order valence-electron chi connectivity index (χ2n) is 3.82. The molecule has 0 aromatic heterocycles. The van der Waals surface area contributed by atoms with Gasteiger partial charge in [0.2, 0.25) is 5.91 Å². The van der Waals surface area contributed by atoms with E-state index >= 15 is 0 Å². The first-order valence-electron chi connectivity index (χ1n) is 5.22. The summed E-state index contributed by atoms with van der Waals surface area (Å²) in [4.78, 5) is 16.5. The molecule has 5 heteroatoms. The number of rotatable bonds is 8. The number of methoxy groups -OCH3 is 1. The summed E-state index contributed by atoms with van der Waals surface area (Å²) in [5.41, 5.74) is 2.65. The quantitative estimate of drug-likeness (QED) is 0.455. The lowest BCUT2D eigenvalue weighted by Gasteiger charge is -2.14. The second-order valence-corrected chi connectivity index (χ2v) is 3.82. The molecule has 90 valence electrons.